The lowest BCUT2D eigenvalue weighted by Gasteiger charge is -2.45. The molecule has 0 rings (SSSR count). The van der Waals surface area contributed by atoms with Crippen LogP contribution in [0.25, 0.3) is 0 Å². The van der Waals surface area contributed by atoms with Crippen LogP contribution in [0.3, 0.4) is 0 Å². The number of hydrogen-bond donors (Lipinski definition) is 2. The Bertz CT molecular complexity index is 823. The summed E-state index contributed by atoms with van der Waals surface area (Å²) in [6.45, 7) is 1.93. The Labute approximate surface area is 207 Å². The molecular formula is C14H8F25NO. The van der Waals surface area contributed by atoms with Crippen LogP contribution in [-0.4, -0.2) is 83.2 Å². The summed E-state index contributed by atoms with van der Waals surface area (Å²) >= 11 is 0. The molecule has 250 valence electrons. The summed E-state index contributed by atoms with van der Waals surface area (Å²) in [5.41, 5.74) is 2.94. The molecule has 41 heavy (non-hydrogen) atoms. The second kappa shape index (κ2) is 10.4. The van der Waals surface area contributed by atoms with Gasteiger partial charge in [-0.25, -0.2) is 0 Å². The van der Waals surface area contributed by atoms with Gasteiger partial charge in [0, 0.05) is 6.61 Å². The topological polar surface area (TPSA) is 46.2 Å². The number of aliphatic hydroxyl groups is 1. The largest absolute Gasteiger partial charge is 0.460 e. The molecule has 0 amide bonds. The van der Waals surface area contributed by atoms with E-state index in [2.05, 4.69) is 5.73 Å². The Balaban J connectivity index is 0. The van der Waals surface area contributed by atoms with Crippen LogP contribution in [0.1, 0.15) is 6.92 Å². The van der Waals surface area contributed by atoms with Gasteiger partial charge in [0.15, 0.2) is 0 Å². The summed E-state index contributed by atoms with van der Waals surface area (Å²) in [6, 6.07) is -7.18. The van der Waals surface area contributed by atoms with Gasteiger partial charge in [0.25, 0.3) is 0 Å². The fourth-order valence-corrected chi connectivity index (χ4v) is 1.96. The smallest absolute Gasteiger partial charge is 0.397 e. The maximum Gasteiger partial charge on any atom is 0.460 e. The maximum atomic E-state index is 13.4. The van der Waals surface area contributed by atoms with Crippen LogP contribution in [0, 0.1) is 0 Å². The molecule has 0 bridgehead atoms. The van der Waals surface area contributed by atoms with Gasteiger partial charge in [-0.2, -0.15) is 110 Å². The molecule has 0 unspecified atom stereocenters. The molecule has 0 fully saturated rings. The minimum Gasteiger partial charge on any atom is -0.397 e. The fraction of sp³-hybridized carbons (Fsp3) is 1.00. The molecule has 3 N–H and O–H groups in total. The Morgan fingerprint density at radius 2 is 0.463 bits per heavy atom. The summed E-state index contributed by atoms with van der Waals surface area (Å²) in [7, 11) is 0. The number of hydrogen-bond acceptors (Lipinski definition) is 2. The van der Waals surface area contributed by atoms with Gasteiger partial charge in [0.05, 0.1) is 0 Å². The molecule has 0 radical (unpaired) electrons. The molecule has 0 saturated carbocycles. The average molecular weight is 681 g/mol. The standard InChI is InChI=1S/C12H2F25N.C2H6O/c13-1(14,3(17,18)5(21,22)7(25,26)9(29,30)11(33,34)35)2(15,16)4(19,20)6(23,24)8(27,28)10(31,32)12(36,37)38;1-2-3/h38H2;3H,2H2,1H3. The summed E-state index contributed by atoms with van der Waals surface area (Å²) < 4.78 is 323. The van der Waals surface area contributed by atoms with Crippen molar-refractivity contribution in [3.05, 3.63) is 0 Å². The van der Waals surface area contributed by atoms with Crippen LogP contribution in [0.15, 0.2) is 0 Å². The van der Waals surface area contributed by atoms with Gasteiger partial charge < -0.3 is 5.11 Å². The normalized spacial score (nSPS) is 16.4. The summed E-state index contributed by atoms with van der Waals surface area (Å²) in [5.74, 6) is -91.5. The van der Waals surface area contributed by atoms with Crippen molar-refractivity contribution in [2.24, 2.45) is 5.73 Å². The zero-order valence-corrected chi connectivity index (χ0v) is 18.2. The van der Waals surface area contributed by atoms with Crippen molar-refractivity contribution in [2.75, 3.05) is 6.61 Å². The third-order valence-electron chi connectivity index (χ3n) is 4.32. The lowest BCUT2D eigenvalue weighted by atomic mass is 9.85. The van der Waals surface area contributed by atoms with Crippen molar-refractivity contribution in [3.8, 4) is 0 Å². The molecule has 27 heteroatoms. The predicted molar refractivity (Wildman–Crippen MR) is 77.4 cm³/mol. The van der Waals surface area contributed by atoms with Crippen molar-refractivity contribution in [1.29, 1.82) is 0 Å². The average Bonchev–Trinajstić information content (AvgIpc) is 2.71. The zero-order valence-electron chi connectivity index (χ0n) is 18.2. The summed E-state index contributed by atoms with van der Waals surface area (Å²) in [6.07, 6.45) is -8.16. The monoisotopic (exact) mass is 681 g/mol. The van der Waals surface area contributed by atoms with E-state index in [0.717, 1.165) is 0 Å². The summed E-state index contributed by atoms with van der Waals surface area (Å²) in [4.78, 5) is 0. The highest BCUT2D eigenvalue weighted by Crippen LogP contribution is 2.67. The van der Waals surface area contributed by atoms with Crippen molar-refractivity contribution < 1.29 is 115 Å². The van der Waals surface area contributed by atoms with E-state index in [9.17, 15) is 110 Å². The van der Waals surface area contributed by atoms with E-state index in [1.165, 1.54) is 0 Å². The molecular weight excluding hydrogens is 673 g/mol. The van der Waals surface area contributed by atoms with E-state index in [1.54, 1.807) is 6.92 Å². The minimum absolute atomic E-state index is 0.250. The Hall–Kier alpha value is -1.83. The van der Waals surface area contributed by atoms with E-state index in [4.69, 9.17) is 5.11 Å². The molecule has 0 aromatic rings. The Morgan fingerprint density at radius 3 is 0.585 bits per heavy atom. The van der Waals surface area contributed by atoms with Gasteiger partial charge in [-0.05, 0) is 6.92 Å². The van der Waals surface area contributed by atoms with Crippen LogP contribution in [0.5, 0.6) is 0 Å². The molecule has 0 atom stereocenters. The fourth-order valence-electron chi connectivity index (χ4n) is 1.96. The first kappa shape index (κ1) is 41.3. The van der Waals surface area contributed by atoms with Gasteiger partial charge in [0.2, 0.25) is 0 Å². The quantitative estimate of drug-likeness (QED) is 0.186. The van der Waals surface area contributed by atoms with Crippen LogP contribution >= 0.6 is 0 Å². The van der Waals surface area contributed by atoms with Gasteiger partial charge in [-0.1, -0.05) is 0 Å². The first-order valence-corrected chi connectivity index (χ1v) is 8.79. The van der Waals surface area contributed by atoms with Crippen molar-refractivity contribution in [1.82, 2.24) is 0 Å². The first-order valence-electron chi connectivity index (χ1n) is 8.79. The van der Waals surface area contributed by atoms with Crippen LogP contribution < -0.4 is 5.73 Å². The van der Waals surface area contributed by atoms with Crippen molar-refractivity contribution >= 4 is 0 Å². The Morgan fingerprint density at radius 1 is 0.341 bits per heavy atom. The second-order valence-electron chi connectivity index (χ2n) is 7.18. The third-order valence-corrected chi connectivity index (χ3v) is 4.32. The first-order chi connectivity index (χ1) is 17.2. The van der Waals surface area contributed by atoms with E-state index < -0.39 is 71.4 Å². The Kier molecular flexibility index (Phi) is 10.5. The van der Waals surface area contributed by atoms with Gasteiger partial charge in [0.1, 0.15) is 0 Å². The highest BCUT2D eigenvalue weighted by molar-refractivity contribution is 5.19. The van der Waals surface area contributed by atoms with Crippen molar-refractivity contribution in [3.63, 3.8) is 0 Å². The molecule has 0 aliphatic rings. The number of rotatable bonds is 10. The molecule has 0 aliphatic carbocycles. The molecule has 0 spiro atoms. The number of alkyl halides is 25. The highest BCUT2D eigenvalue weighted by Gasteiger charge is 2.99. The van der Waals surface area contributed by atoms with Gasteiger partial charge in [-0.15, -0.1) is 0 Å². The zero-order chi connectivity index (χ0) is 34.7. The highest BCUT2D eigenvalue weighted by atomic mass is 19.4. The molecule has 2 nitrogen and oxygen atoms in total. The van der Waals surface area contributed by atoms with Crippen molar-refractivity contribution in [2.45, 2.75) is 78.4 Å². The second-order valence-corrected chi connectivity index (χ2v) is 7.18. The summed E-state index contributed by atoms with van der Waals surface area (Å²) in [5, 5.41) is 7.57. The predicted octanol–water partition coefficient (Wildman–Crippen LogP) is 7.45. The van der Waals surface area contributed by atoms with Crippen LogP contribution in [0.2, 0.25) is 0 Å². The SMILES string of the molecule is CCO.NC(F)(F)C(F)(F)C(F)(F)C(F)(F)C(F)(F)C(F)(F)C(F)(F)C(F)(F)C(F)(F)C(F)(F)C(F)(F)C(F)(F)F. The van der Waals surface area contributed by atoms with Gasteiger partial charge >= 0.3 is 71.4 Å². The molecule has 0 aromatic heterocycles. The van der Waals surface area contributed by atoms with E-state index >= 15 is 0 Å². The number of halogens is 25. The maximum absolute atomic E-state index is 13.4. The van der Waals surface area contributed by atoms with Crippen LogP contribution in [-0.2, 0) is 0 Å². The van der Waals surface area contributed by atoms with E-state index in [-0.39, 0.29) is 6.61 Å². The van der Waals surface area contributed by atoms with Crippen LogP contribution in [0.4, 0.5) is 110 Å². The number of nitrogens with two attached hydrogens (primary N) is 1. The molecule has 0 aliphatic heterocycles. The number of aliphatic hydroxyl groups excluding tert-OH is 1. The lowest BCUT2D eigenvalue weighted by Crippen LogP contribution is -2.78. The third kappa shape index (κ3) is 5.29. The molecule has 0 heterocycles. The molecule has 0 aromatic carbocycles. The lowest BCUT2D eigenvalue weighted by molar-refractivity contribution is -0.482. The van der Waals surface area contributed by atoms with E-state index in [1.807, 2.05) is 0 Å². The van der Waals surface area contributed by atoms with Gasteiger partial charge in [-0.3, -0.25) is 5.73 Å². The minimum atomic E-state index is -9.59. The molecule has 0 saturated heterocycles. The van der Waals surface area contributed by atoms with E-state index in [0.29, 0.717) is 0 Å².